The lowest BCUT2D eigenvalue weighted by Gasteiger charge is -2.30. The van der Waals surface area contributed by atoms with Crippen LogP contribution in [0.5, 0.6) is 5.75 Å². The summed E-state index contributed by atoms with van der Waals surface area (Å²) in [6.07, 6.45) is 0.958. The lowest BCUT2D eigenvalue weighted by molar-refractivity contribution is -0.120. The van der Waals surface area contributed by atoms with Crippen LogP contribution in [-0.4, -0.2) is 38.8 Å². The standard InChI is InChI=1S/C21H25ClN2O4S/c1-14-12-17(22)4-6-19(14)23-21(25)16-8-10-24(11-9-16)29(26,27)18-5-7-20(28-3)15(2)13-18/h4-7,12-13,16H,8-11H2,1-3H3,(H,23,25). The molecule has 2 aromatic rings. The Bertz CT molecular complexity index is 1020. The van der Waals surface area contributed by atoms with E-state index in [1.807, 2.05) is 13.8 Å². The molecule has 0 spiro atoms. The highest BCUT2D eigenvalue weighted by molar-refractivity contribution is 7.89. The molecule has 0 radical (unpaired) electrons. The first-order valence-electron chi connectivity index (χ1n) is 9.44. The monoisotopic (exact) mass is 436 g/mol. The summed E-state index contributed by atoms with van der Waals surface area (Å²) in [6.45, 7) is 4.32. The minimum Gasteiger partial charge on any atom is -0.496 e. The van der Waals surface area contributed by atoms with E-state index in [1.165, 1.54) is 4.31 Å². The second-order valence-electron chi connectivity index (χ2n) is 7.26. The van der Waals surface area contributed by atoms with Crippen LogP contribution in [0.3, 0.4) is 0 Å². The maximum atomic E-state index is 13.0. The number of benzene rings is 2. The highest BCUT2D eigenvalue weighted by atomic mass is 35.5. The minimum absolute atomic E-state index is 0.0900. The van der Waals surface area contributed by atoms with Crippen LogP contribution in [0.4, 0.5) is 5.69 Å². The fourth-order valence-corrected chi connectivity index (χ4v) is 5.30. The number of methoxy groups -OCH3 is 1. The van der Waals surface area contributed by atoms with E-state index in [9.17, 15) is 13.2 Å². The summed E-state index contributed by atoms with van der Waals surface area (Å²) in [5, 5.41) is 3.55. The van der Waals surface area contributed by atoms with Gasteiger partial charge in [0, 0.05) is 29.7 Å². The number of hydrogen-bond acceptors (Lipinski definition) is 4. The average molecular weight is 437 g/mol. The van der Waals surface area contributed by atoms with Crippen LogP contribution in [0, 0.1) is 19.8 Å². The van der Waals surface area contributed by atoms with Crippen molar-refractivity contribution in [1.82, 2.24) is 4.31 Å². The number of piperidine rings is 1. The van der Waals surface area contributed by atoms with Crippen LogP contribution in [0.15, 0.2) is 41.3 Å². The molecule has 8 heteroatoms. The summed E-state index contributed by atoms with van der Waals surface area (Å²) in [5.74, 6) is 0.332. The van der Waals surface area contributed by atoms with Crippen LogP contribution in [-0.2, 0) is 14.8 Å². The number of hydrogen-bond donors (Lipinski definition) is 1. The van der Waals surface area contributed by atoms with Gasteiger partial charge >= 0.3 is 0 Å². The molecule has 29 heavy (non-hydrogen) atoms. The van der Waals surface area contributed by atoms with Crippen LogP contribution in [0.25, 0.3) is 0 Å². The maximum absolute atomic E-state index is 13.0. The SMILES string of the molecule is COc1ccc(S(=O)(=O)N2CCC(C(=O)Nc3ccc(Cl)cc3C)CC2)cc1C. The van der Waals surface area contributed by atoms with Gasteiger partial charge in [0.25, 0.3) is 0 Å². The molecule has 6 nitrogen and oxygen atoms in total. The topological polar surface area (TPSA) is 75.7 Å². The second kappa shape index (κ2) is 8.73. The summed E-state index contributed by atoms with van der Waals surface area (Å²) in [4.78, 5) is 12.9. The van der Waals surface area contributed by atoms with E-state index < -0.39 is 10.0 Å². The van der Waals surface area contributed by atoms with E-state index in [2.05, 4.69) is 5.32 Å². The largest absolute Gasteiger partial charge is 0.496 e. The molecule has 0 unspecified atom stereocenters. The third-order valence-corrected chi connectivity index (χ3v) is 7.40. The van der Waals surface area contributed by atoms with Gasteiger partial charge in [0.05, 0.1) is 12.0 Å². The Morgan fingerprint density at radius 2 is 1.79 bits per heavy atom. The number of nitrogens with zero attached hydrogens (tertiary/aromatic N) is 1. The molecule has 2 aromatic carbocycles. The van der Waals surface area contributed by atoms with E-state index in [0.29, 0.717) is 36.7 Å². The number of nitrogens with one attached hydrogen (secondary N) is 1. The predicted molar refractivity (Wildman–Crippen MR) is 114 cm³/mol. The number of aryl methyl sites for hydroxylation is 2. The van der Waals surface area contributed by atoms with Crippen LogP contribution < -0.4 is 10.1 Å². The van der Waals surface area contributed by atoms with Gasteiger partial charge in [-0.2, -0.15) is 4.31 Å². The molecule has 1 fully saturated rings. The van der Waals surface area contributed by atoms with Crippen molar-refractivity contribution >= 4 is 33.2 Å². The quantitative estimate of drug-likeness (QED) is 0.768. The molecule has 1 heterocycles. The number of carbonyl (C=O) groups is 1. The first kappa shape index (κ1) is 21.6. The fourth-order valence-electron chi connectivity index (χ4n) is 3.52. The van der Waals surface area contributed by atoms with Crippen molar-refractivity contribution in [2.45, 2.75) is 31.6 Å². The van der Waals surface area contributed by atoms with Gasteiger partial charge < -0.3 is 10.1 Å². The number of anilines is 1. The van der Waals surface area contributed by atoms with Gasteiger partial charge in [0.2, 0.25) is 15.9 Å². The van der Waals surface area contributed by atoms with E-state index in [1.54, 1.807) is 43.5 Å². The smallest absolute Gasteiger partial charge is 0.243 e. The summed E-state index contributed by atoms with van der Waals surface area (Å²) in [7, 11) is -2.04. The average Bonchev–Trinajstić information content (AvgIpc) is 2.70. The van der Waals surface area contributed by atoms with Crippen LogP contribution in [0.2, 0.25) is 5.02 Å². The molecule has 0 bridgehead atoms. The van der Waals surface area contributed by atoms with Crippen molar-refractivity contribution in [3.63, 3.8) is 0 Å². The summed E-state index contributed by atoms with van der Waals surface area (Å²) >= 11 is 5.96. The number of carbonyl (C=O) groups excluding carboxylic acids is 1. The lowest BCUT2D eigenvalue weighted by Crippen LogP contribution is -2.41. The molecule has 156 valence electrons. The van der Waals surface area contributed by atoms with E-state index in [-0.39, 0.29) is 16.7 Å². The van der Waals surface area contributed by atoms with Gasteiger partial charge in [-0.25, -0.2) is 8.42 Å². The first-order valence-corrected chi connectivity index (χ1v) is 11.3. The third-order valence-electron chi connectivity index (χ3n) is 5.28. The summed E-state index contributed by atoms with van der Waals surface area (Å²) < 4.78 is 32.6. The molecule has 1 amide bonds. The second-order valence-corrected chi connectivity index (χ2v) is 9.63. The third kappa shape index (κ3) is 4.74. The Kier molecular flexibility index (Phi) is 6.51. The Hall–Kier alpha value is -2.09. The van der Waals surface area contributed by atoms with Crippen molar-refractivity contribution in [1.29, 1.82) is 0 Å². The molecule has 1 N–H and O–H groups in total. The molecular weight excluding hydrogens is 412 g/mol. The van der Waals surface area contributed by atoms with E-state index in [4.69, 9.17) is 16.3 Å². The van der Waals surface area contributed by atoms with Crippen LogP contribution >= 0.6 is 11.6 Å². The summed E-state index contributed by atoms with van der Waals surface area (Å²) in [5.41, 5.74) is 2.38. The number of rotatable bonds is 5. The highest BCUT2D eigenvalue weighted by Crippen LogP contribution is 2.28. The molecule has 0 aromatic heterocycles. The number of ether oxygens (including phenoxy) is 1. The van der Waals surface area contributed by atoms with E-state index in [0.717, 1.165) is 16.8 Å². The van der Waals surface area contributed by atoms with Gasteiger partial charge in [0.1, 0.15) is 5.75 Å². The van der Waals surface area contributed by atoms with Crippen LogP contribution in [0.1, 0.15) is 24.0 Å². The molecule has 0 aliphatic carbocycles. The predicted octanol–water partition coefficient (Wildman–Crippen LogP) is 4.00. The molecule has 1 saturated heterocycles. The van der Waals surface area contributed by atoms with Gasteiger partial charge in [-0.3, -0.25) is 4.79 Å². The zero-order valence-corrected chi connectivity index (χ0v) is 18.3. The zero-order valence-electron chi connectivity index (χ0n) is 16.7. The Balaban J connectivity index is 1.65. The van der Waals surface area contributed by atoms with Crippen molar-refractivity contribution in [3.05, 3.63) is 52.5 Å². The molecule has 0 atom stereocenters. The number of halogens is 1. The fraction of sp³-hybridized carbons (Fsp3) is 0.381. The zero-order chi connectivity index (χ0) is 21.2. The maximum Gasteiger partial charge on any atom is 0.243 e. The number of amides is 1. The molecular formula is C21H25ClN2O4S. The summed E-state index contributed by atoms with van der Waals surface area (Å²) in [6, 6.07) is 10.1. The normalized spacial score (nSPS) is 15.9. The van der Waals surface area contributed by atoms with E-state index >= 15 is 0 Å². The molecule has 0 saturated carbocycles. The van der Waals surface area contributed by atoms with Gasteiger partial charge in [-0.1, -0.05) is 11.6 Å². The van der Waals surface area contributed by atoms with Crippen molar-refractivity contribution in [2.24, 2.45) is 5.92 Å². The van der Waals surface area contributed by atoms with Gasteiger partial charge in [-0.05, 0) is 74.2 Å². The molecule has 1 aliphatic heterocycles. The molecule has 1 aliphatic rings. The van der Waals surface area contributed by atoms with Crippen molar-refractivity contribution in [2.75, 3.05) is 25.5 Å². The van der Waals surface area contributed by atoms with Crippen molar-refractivity contribution < 1.29 is 17.9 Å². The lowest BCUT2D eigenvalue weighted by atomic mass is 9.97. The first-order chi connectivity index (χ1) is 13.7. The van der Waals surface area contributed by atoms with Gasteiger partial charge in [-0.15, -0.1) is 0 Å². The number of sulfonamides is 1. The Morgan fingerprint density at radius 3 is 2.38 bits per heavy atom. The van der Waals surface area contributed by atoms with Crippen molar-refractivity contribution in [3.8, 4) is 5.75 Å². The highest BCUT2D eigenvalue weighted by Gasteiger charge is 2.32. The Labute approximate surface area is 176 Å². The Morgan fingerprint density at radius 1 is 1.10 bits per heavy atom. The molecule has 3 rings (SSSR count). The van der Waals surface area contributed by atoms with Gasteiger partial charge in [0.15, 0.2) is 0 Å². The minimum atomic E-state index is -3.60.